The van der Waals surface area contributed by atoms with Crippen molar-refractivity contribution in [1.82, 2.24) is 4.98 Å². The molecule has 0 aliphatic heterocycles. The zero-order valence-electron chi connectivity index (χ0n) is 11.5. The first-order valence-corrected chi connectivity index (χ1v) is 7.34. The van der Waals surface area contributed by atoms with Crippen LogP contribution in [0.2, 0.25) is 0 Å². The van der Waals surface area contributed by atoms with Crippen molar-refractivity contribution < 1.29 is 4.79 Å². The Kier molecular flexibility index (Phi) is 3.71. The molecule has 0 bridgehead atoms. The highest BCUT2D eigenvalue weighted by atomic mass is 79.9. The lowest BCUT2D eigenvalue weighted by molar-refractivity contribution is 0.0994. The maximum atomic E-state index is 12.7. The summed E-state index contributed by atoms with van der Waals surface area (Å²) in [5.41, 5.74) is 2.16. The molecule has 0 saturated heterocycles. The van der Waals surface area contributed by atoms with Crippen molar-refractivity contribution in [2.24, 2.45) is 0 Å². The second-order valence-electron chi connectivity index (χ2n) is 4.69. The second kappa shape index (κ2) is 5.66. The maximum Gasteiger partial charge on any atom is 0.260 e. The molecule has 104 valence electrons. The Morgan fingerprint density at radius 2 is 1.81 bits per heavy atom. The predicted molar refractivity (Wildman–Crippen MR) is 88.6 cm³/mol. The van der Waals surface area contributed by atoms with Crippen molar-refractivity contribution in [2.75, 3.05) is 11.9 Å². The lowest BCUT2D eigenvalue weighted by Crippen LogP contribution is -2.26. The summed E-state index contributed by atoms with van der Waals surface area (Å²) >= 11 is 3.50. The molecule has 0 saturated carbocycles. The van der Waals surface area contributed by atoms with Crippen LogP contribution in [0.1, 0.15) is 10.4 Å². The number of hydrogen-bond donors (Lipinski definition) is 0. The Bertz CT molecular complexity index is 802. The zero-order valence-corrected chi connectivity index (χ0v) is 13.0. The maximum absolute atomic E-state index is 12.7. The lowest BCUT2D eigenvalue weighted by atomic mass is 10.1. The predicted octanol–water partition coefficient (Wildman–Crippen LogP) is 4.27. The third kappa shape index (κ3) is 2.54. The largest absolute Gasteiger partial charge is 0.311 e. The number of benzene rings is 2. The minimum atomic E-state index is -0.0719. The van der Waals surface area contributed by atoms with Crippen LogP contribution in [0.4, 0.5) is 5.69 Å². The number of para-hydroxylation sites is 1. The Hall–Kier alpha value is -2.20. The summed E-state index contributed by atoms with van der Waals surface area (Å²) in [6.07, 6.45) is 1.70. The number of fused-ring (bicyclic) bond motifs is 1. The van der Waals surface area contributed by atoms with E-state index in [1.807, 2.05) is 48.5 Å². The molecule has 0 fully saturated rings. The van der Waals surface area contributed by atoms with Gasteiger partial charge in [-0.25, -0.2) is 0 Å². The number of amides is 1. The van der Waals surface area contributed by atoms with Gasteiger partial charge >= 0.3 is 0 Å². The monoisotopic (exact) mass is 340 g/mol. The van der Waals surface area contributed by atoms with Gasteiger partial charge in [-0.2, -0.15) is 0 Å². The van der Waals surface area contributed by atoms with E-state index in [4.69, 9.17) is 0 Å². The summed E-state index contributed by atoms with van der Waals surface area (Å²) in [5.74, 6) is -0.0719. The lowest BCUT2D eigenvalue weighted by Gasteiger charge is -2.18. The summed E-state index contributed by atoms with van der Waals surface area (Å²) < 4.78 is 0.935. The third-order valence-corrected chi connectivity index (χ3v) is 4.09. The number of anilines is 1. The molecule has 4 heteroatoms. The standard InChI is InChI=1S/C17H13BrN2O/c1-20(12-6-3-2-4-7-12)17(21)14-9-10-15(18)13-8-5-11-19-16(13)14/h2-11H,1H3. The molecule has 3 aromatic rings. The fraction of sp³-hybridized carbons (Fsp3) is 0.0588. The first-order chi connectivity index (χ1) is 10.2. The van der Waals surface area contributed by atoms with Gasteiger partial charge in [-0.1, -0.05) is 40.2 Å². The van der Waals surface area contributed by atoms with Gasteiger partial charge in [0.05, 0.1) is 11.1 Å². The molecular weight excluding hydrogens is 328 g/mol. The highest BCUT2D eigenvalue weighted by Crippen LogP contribution is 2.26. The van der Waals surface area contributed by atoms with Gasteiger partial charge < -0.3 is 4.90 Å². The quantitative estimate of drug-likeness (QED) is 0.697. The van der Waals surface area contributed by atoms with E-state index in [1.54, 1.807) is 24.2 Å². The number of halogens is 1. The van der Waals surface area contributed by atoms with E-state index in [0.29, 0.717) is 11.1 Å². The van der Waals surface area contributed by atoms with E-state index >= 15 is 0 Å². The van der Waals surface area contributed by atoms with Crippen molar-refractivity contribution in [3.8, 4) is 0 Å². The molecule has 2 aromatic carbocycles. The molecule has 21 heavy (non-hydrogen) atoms. The smallest absolute Gasteiger partial charge is 0.260 e. The Balaban J connectivity index is 2.09. The third-order valence-electron chi connectivity index (χ3n) is 3.39. The number of carbonyl (C=O) groups excluding carboxylic acids is 1. The molecule has 3 nitrogen and oxygen atoms in total. The summed E-state index contributed by atoms with van der Waals surface area (Å²) in [6.45, 7) is 0. The van der Waals surface area contributed by atoms with Crippen LogP contribution in [0, 0.1) is 0 Å². The average Bonchev–Trinajstić information content (AvgIpc) is 2.55. The molecule has 1 amide bonds. The average molecular weight is 341 g/mol. The van der Waals surface area contributed by atoms with Crippen LogP contribution in [0.3, 0.4) is 0 Å². The SMILES string of the molecule is CN(C(=O)c1ccc(Br)c2cccnc12)c1ccccc1. The van der Waals surface area contributed by atoms with Crippen LogP contribution < -0.4 is 4.90 Å². The van der Waals surface area contributed by atoms with E-state index in [-0.39, 0.29) is 5.91 Å². The van der Waals surface area contributed by atoms with Crippen LogP contribution >= 0.6 is 15.9 Å². The summed E-state index contributed by atoms with van der Waals surface area (Å²) in [4.78, 5) is 18.7. The molecule has 1 heterocycles. The van der Waals surface area contributed by atoms with Crippen LogP contribution in [-0.4, -0.2) is 17.9 Å². The normalized spacial score (nSPS) is 10.6. The van der Waals surface area contributed by atoms with Gasteiger partial charge in [0.2, 0.25) is 0 Å². The second-order valence-corrected chi connectivity index (χ2v) is 5.55. The molecule has 0 spiro atoms. The van der Waals surface area contributed by atoms with Crippen molar-refractivity contribution in [2.45, 2.75) is 0 Å². The summed E-state index contributed by atoms with van der Waals surface area (Å²) in [7, 11) is 1.77. The van der Waals surface area contributed by atoms with Crippen molar-refractivity contribution in [3.63, 3.8) is 0 Å². The molecule has 3 rings (SSSR count). The molecule has 1 aromatic heterocycles. The highest BCUT2D eigenvalue weighted by molar-refractivity contribution is 9.10. The molecule has 0 unspecified atom stereocenters. The van der Waals surface area contributed by atoms with Gasteiger partial charge in [0.1, 0.15) is 0 Å². The van der Waals surface area contributed by atoms with Crippen LogP contribution in [0.25, 0.3) is 10.9 Å². The van der Waals surface area contributed by atoms with E-state index in [9.17, 15) is 4.79 Å². The summed E-state index contributed by atoms with van der Waals surface area (Å²) in [5, 5.41) is 0.935. The fourth-order valence-corrected chi connectivity index (χ4v) is 2.71. The first kappa shape index (κ1) is 13.8. The van der Waals surface area contributed by atoms with Gasteiger partial charge in [-0.3, -0.25) is 9.78 Å². The number of aromatic nitrogens is 1. The Morgan fingerprint density at radius 3 is 2.57 bits per heavy atom. The zero-order chi connectivity index (χ0) is 14.8. The Labute approximate surface area is 131 Å². The Morgan fingerprint density at radius 1 is 1.05 bits per heavy atom. The van der Waals surface area contributed by atoms with Gasteiger partial charge in [-0.15, -0.1) is 0 Å². The van der Waals surface area contributed by atoms with E-state index in [2.05, 4.69) is 20.9 Å². The van der Waals surface area contributed by atoms with Gasteiger partial charge in [-0.05, 0) is 30.3 Å². The van der Waals surface area contributed by atoms with Crippen LogP contribution in [0.15, 0.2) is 65.3 Å². The number of hydrogen-bond acceptors (Lipinski definition) is 2. The van der Waals surface area contributed by atoms with E-state index in [0.717, 1.165) is 15.5 Å². The van der Waals surface area contributed by atoms with Crippen LogP contribution in [-0.2, 0) is 0 Å². The molecule has 0 aliphatic carbocycles. The van der Waals surface area contributed by atoms with Gasteiger partial charge in [0.25, 0.3) is 5.91 Å². The topological polar surface area (TPSA) is 33.2 Å². The molecule has 0 atom stereocenters. The number of carbonyl (C=O) groups is 1. The molecule has 0 aliphatic rings. The molecule has 0 radical (unpaired) electrons. The minimum absolute atomic E-state index is 0.0719. The van der Waals surface area contributed by atoms with E-state index in [1.165, 1.54) is 0 Å². The number of rotatable bonds is 2. The molecular formula is C17H13BrN2O. The first-order valence-electron chi connectivity index (χ1n) is 6.55. The van der Waals surface area contributed by atoms with Crippen molar-refractivity contribution >= 4 is 38.4 Å². The van der Waals surface area contributed by atoms with Gasteiger partial charge in [0.15, 0.2) is 0 Å². The van der Waals surface area contributed by atoms with Crippen molar-refractivity contribution in [3.05, 3.63) is 70.8 Å². The fourth-order valence-electron chi connectivity index (χ4n) is 2.26. The van der Waals surface area contributed by atoms with Crippen molar-refractivity contribution in [1.29, 1.82) is 0 Å². The minimum Gasteiger partial charge on any atom is -0.311 e. The highest BCUT2D eigenvalue weighted by Gasteiger charge is 2.17. The summed E-state index contributed by atoms with van der Waals surface area (Å²) in [6, 6.07) is 17.1. The number of nitrogens with zero attached hydrogens (tertiary/aromatic N) is 2. The van der Waals surface area contributed by atoms with E-state index < -0.39 is 0 Å². The number of pyridine rings is 1. The van der Waals surface area contributed by atoms with Gasteiger partial charge in [0, 0.05) is 28.8 Å². The van der Waals surface area contributed by atoms with Crippen LogP contribution in [0.5, 0.6) is 0 Å². The molecule has 0 N–H and O–H groups in total.